The molecule has 1 saturated heterocycles. The van der Waals surface area contributed by atoms with Gasteiger partial charge >= 0.3 is 0 Å². The van der Waals surface area contributed by atoms with Gasteiger partial charge in [-0.15, -0.1) is 0 Å². The van der Waals surface area contributed by atoms with Crippen molar-refractivity contribution in [3.05, 3.63) is 58.3 Å². The van der Waals surface area contributed by atoms with Crippen molar-refractivity contribution in [3.63, 3.8) is 0 Å². The van der Waals surface area contributed by atoms with Gasteiger partial charge in [0.1, 0.15) is 0 Å². The van der Waals surface area contributed by atoms with E-state index in [0.29, 0.717) is 11.5 Å². The van der Waals surface area contributed by atoms with E-state index in [2.05, 4.69) is 26.0 Å². The number of hydrogen-bond donors (Lipinski definition) is 0. The Morgan fingerprint density at radius 2 is 1.96 bits per heavy atom. The Balaban J connectivity index is 1.90. The van der Waals surface area contributed by atoms with Gasteiger partial charge in [-0.2, -0.15) is 0 Å². The second kappa shape index (κ2) is 7.29. The van der Waals surface area contributed by atoms with Crippen molar-refractivity contribution in [3.8, 4) is 5.69 Å². The first kappa shape index (κ1) is 17.5. The highest BCUT2D eigenvalue weighted by molar-refractivity contribution is 8.18. The number of benzene rings is 1. The number of rotatable bonds is 5. The van der Waals surface area contributed by atoms with Crippen LogP contribution in [-0.2, 0) is 9.53 Å². The predicted octanol–water partition coefficient (Wildman–Crippen LogP) is 3.78. The van der Waals surface area contributed by atoms with Crippen LogP contribution in [0.25, 0.3) is 11.8 Å². The summed E-state index contributed by atoms with van der Waals surface area (Å²) in [6, 6.07) is 10.1. The number of methoxy groups -OCH3 is 1. The van der Waals surface area contributed by atoms with Crippen LogP contribution >= 0.6 is 11.8 Å². The van der Waals surface area contributed by atoms with Crippen molar-refractivity contribution in [2.24, 2.45) is 0 Å². The molecule has 2 aromatic rings. The van der Waals surface area contributed by atoms with Crippen LogP contribution in [0.4, 0.5) is 4.79 Å². The van der Waals surface area contributed by atoms with E-state index in [0.717, 1.165) is 23.1 Å². The highest BCUT2D eigenvalue weighted by Crippen LogP contribution is 2.32. The van der Waals surface area contributed by atoms with Gasteiger partial charge in [0, 0.05) is 24.7 Å². The highest BCUT2D eigenvalue weighted by Gasteiger charge is 2.34. The third-order valence-corrected chi connectivity index (χ3v) is 5.13. The Bertz CT molecular complexity index is 854. The molecule has 0 saturated carbocycles. The van der Waals surface area contributed by atoms with Crippen LogP contribution in [0.15, 0.2) is 41.4 Å². The molecule has 0 spiro atoms. The van der Waals surface area contributed by atoms with Crippen LogP contribution in [0.3, 0.4) is 0 Å². The van der Waals surface area contributed by atoms with Gasteiger partial charge in [-0.05, 0) is 67.1 Å². The van der Waals surface area contributed by atoms with E-state index in [1.54, 1.807) is 13.2 Å². The van der Waals surface area contributed by atoms with Crippen molar-refractivity contribution < 1.29 is 14.3 Å². The molecule has 1 aliphatic rings. The Kier molecular flexibility index (Phi) is 5.11. The molecule has 0 atom stereocenters. The monoisotopic (exact) mass is 356 g/mol. The number of thioether (sulfide) groups is 1. The van der Waals surface area contributed by atoms with Crippen molar-refractivity contribution in [2.45, 2.75) is 13.8 Å². The fourth-order valence-electron chi connectivity index (χ4n) is 2.63. The predicted molar refractivity (Wildman–Crippen MR) is 99.8 cm³/mol. The molecular formula is C19H20N2O3S. The van der Waals surface area contributed by atoms with E-state index in [4.69, 9.17) is 4.74 Å². The lowest BCUT2D eigenvalue weighted by molar-refractivity contribution is -0.123. The molecule has 0 N–H and O–H groups in total. The minimum Gasteiger partial charge on any atom is -0.383 e. The van der Waals surface area contributed by atoms with Gasteiger partial charge in [0.15, 0.2) is 0 Å². The Hall–Kier alpha value is -2.31. The summed E-state index contributed by atoms with van der Waals surface area (Å²) in [4.78, 5) is 26.1. The summed E-state index contributed by atoms with van der Waals surface area (Å²) in [5.41, 5.74) is 4.33. The van der Waals surface area contributed by atoms with Crippen LogP contribution in [0.2, 0.25) is 0 Å². The van der Waals surface area contributed by atoms with E-state index < -0.39 is 0 Å². The molecule has 130 valence electrons. The average molecular weight is 356 g/mol. The standard InChI is InChI=1S/C19H20N2O3S/c1-13-6-7-16(11-14(13)2)20-8-4-5-15(20)12-17-18(22)21(9-10-24-3)19(23)25-17/h4-8,11-12H,9-10H2,1-3H3/b17-12+. The maximum absolute atomic E-state index is 12.4. The van der Waals surface area contributed by atoms with Gasteiger partial charge in [-0.1, -0.05) is 6.07 Å². The van der Waals surface area contributed by atoms with E-state index in [-0.39, 0.29) is 17.7 Å². The normalized spacial score (nSPS) is 16.3. The van der Waals surface area contributed by atoms with Gasteiger partial charge in [0.05, 0.1) is 18.1 Å². The van der Waals surface area contributed by atoms with Crippen LogP contribution in [0.5, 0.6) is 0 Å². The van der Waals surface area contributed by atoms with Crippen molar-refractivity contribution >= 4 is 29.0 Å². The summed E-state index contributed by atoms with van der Waals surface area (Å²) in [6.07, 6.45) is 3.72. The first-order valence-corrected chi connectivity index (χ1v) is 8.82. The van der Waals surface area contributed by atoms with Crippen LogP contribution < -0.4 is 0 Å². The fraction of sp³-hybridized carbons (Fsp3) is 0.263. The summed E-state index contributed by atoms with van der Waals surface area (Å²) in [7, 11) is 1.55. The zero-order valence-electron chi connectivity index (χ0n) is 14.5. The first-order chi connectivity index (χ1) is 12.0. The number of nitrogens with zero attached hydrogens (tertiary/aromatic N) is 2. The largest absolute Gasteiger partial charge is 0.383 e. The van der Waals surface area contributed by atoms with Gasteiger partial charge in [-0.25, -0.2) is 0 Å². The summed E-state index contributed by atoms with van der Waals surface area (Å²) in [5.74, 6) is -0.264. The smallest absolute Gasteiger partial charge is 0.293 e. The Labute approximate surface area is 151 Å². The van der Waals surface area contributed by atoms with Crippen molar-refractivity contribution in [2.75, 3.05) is 20.3 Å². The highest BCUT2D eigenvalue weighted by atomic mass is 32.2. The minimum atomic E-state index is -0.264. The van der Waals surface area contributed by atoms with E-state index in [1.807, 2.05) is 29.0 Å². The molecule has 3 rings (SSSR count). The summed E-state index contributed by atoms with van der Waals surface area (Å²) in [6.45, 7) is 4.76. The quantitative estimate of drug-likeness (QED) is 0.765. The lowest BCUT2D eigenvalue weighted by Crippen LogP contribution is -2.31. The number of amides is 2. The van der Waals surface area contributed by atoms with Crippen molar-refractivity contribution in [1.82, 2.24) is 9.47 Å². The van der Waals surface area contributed by atoms with Crippen molar-refractivity contribution in [1.29, 1.82) is 0 Å². The summed E-state index contributed by atoms with van der Waals surface area (Å²) >= 11 is 0.970. The topological polar surface area (TPSA) is 51.5 Å². The third kappa shape index (κ3) is 3.55. The molecule has 6 heteroatoms. The number of hydrogen-bond acceptors (Lipinski definition) is 4. The van der Waals surface area contributed by atoms with Gasteiger partial charge in [0.2, 0.25) is 0 Å². The molecule has 1 fully saturated rings. The molecular weight excluding hydrogens is 336 g/mol. The Morgan fingerprint density at radius 3 is 2.68 bits per heavy atom. The minimum absolute atomic E-state index is 0.252. The molecule has 0 aliphatic carbocycles. The SMILES string of the molecule is COCCN1C(=O)S/C(=C/c2cccn2-c2ccc(C)c(C)c2)C1=O. The van der Waals surface area contributed by atoms with Gasteiger partial charge < -0.3 is 9.30 Å². The molecule has 1 aromatic heterocycles. The van der Waals surface area contributed by atoms with Crippen LogP contribution in [0.1, 0.15) is 16.8 Å². The van der Waals surface area contributed by atoms with Gasteiger partial charge in [-0.3, -0.25) is 14.5 Å². The van der Waals surface area contributed by atoms with Crippen LogP contribution in [-0.4, -0.2) is 40.9 Å². The Morgan fingerprint density at radius 1 is 1.16 bits per heavy atom. The maximum atomic E-state index is 12.4. The van der Waals surface area contributed by atoms with E-state index in [9.17, 15) is 9.59 Å². The first-order valence-electron chi connectivity index (χ1n) is 8.00. The molecule has 2 amide bonds. The van der Waals surface area contributed by atoms with E-state index >= 15 is 0 Å². The fourth-order valence-corrected chi connectivity index (χ4v) is 3.48. The second-order valence-corrected chi connectivity index (χ2v) is 6.89. The molecule has 25 heavy (non-hydrogen) atoms. The summed E-state index contributed by atoms with van der Waals surface area (Å²) < 4.78 is 6.97. The molecule has 5 nitrogen and oxygen atoms in total. The lowest BCUT2D eigenvalue weighted by Gasteiger charge is -2.11. The van der Waals surface area contributed by atoms with Gasteiger partial charge in [0.25, 0.3) is 11.1 Å². The van der Waals surface area contributed by atoms with Crippen LogP contribution in [0, 0.1) is 13.8 Å². The molecule has 0 bridgehead atoms. The maximum Gasteiger partial charge on any atom is 0.293 e. The number of imide groups is 1. The lowest BCUT2D eigenvalue weighted by atomic mass is 10.1. The number of carbonyl (C=O) groups is 2. The van der Waals surface area contributed by atoms with E-state index in [1.165, 1.54) is 16.0 Å². The molecule has 1 aliphatic heterocycles. The summed E-state index contributed by atoms with van der Waals surface area (Å²) in [5, 5.41) is -0.252. The average Bonchev–Trinajstić information content (AvgIpc) is 3.14. The molecule has 2 heterocycles. The molecule has 0 radical (unpaired) electrons. The number of aryl methyl sites for hydroxylation is 2. The second-order valence-electron chi connectivity index (χ2n) is 5.90. The number of ether oxygens (including phenoxy) is 1. The number of aromatic nitrogens is 1. The molecule has 0 unspecified atom stereocenters. The zero-order valence-corrected chi connectivity index (χ0v) is 15.3. The third-order valence-electron chi connectivity index (χ3n) is 4.22. The zero-order chi connectivity index (χ0) is 18.0. The number of carbonyl (C=O) groups excluding carboxylic acids is 2. The molecule has 1 aromatic carbocycles.